The maximum absolute atomic E-state index is 12.6. The lowest BCUT2D eigenvalue weighted by Crippen LogP contribution is -2.63. The van der Waals surface area contributed by atoms with E-state index in [-0.39, 0.29) is 36.6 Å². The third kappa shape index (κ3) is 5.50. The smallest absolute Gasteiger partial charge is 0.410 e. The lowest BCUT2D eigenvalue weighted by Gasteiger charge is -2.46. The van der Waals surface area contributed by atoms with Crippen LogP contribution in [0.3, 0.4) is 0 Å². The van der Waals surface area contributed by atoms with Crippen molar-refractivity contribution in [3.63, 3.8) is 0 Å². The number of urea groups is 1. The molecule has 0 aliphatic carbocycles. The van der Waals surface area contributed by atoms with Crippen LogP contribution >= 0.6 is 11.8 Å². The average Bonchev–Trinajstić information content (AvgIpc) is 3.28. The molecule has 6 atom stereocenters. The molecule has 0 radical (unpaired) electrons. The van der Waals surface area contributed by atoms with E-state index >= 15 is 0 Å². The van der Waals surface area contributed by atoms with Gasteiger partial charge in [-0.2, -0.15) is 0 Å². The minimum atomic E-state index is -1.23. The predicted octanol–water partition coefficient (Wildman–Crippen LogP) is -0.150. The second-order valence-electron chi connectivity index (χ2n) is 8.85. The number of nitrogens with two attached hydrogens (primary N) is 1. The van der Waals surface area contributed by atoms with Crippen molar-refractivity contribution in [3.05, 3.63) is 23.3 Å². The van der Waals surface area contributed by atoms with Crippen molar-refractivity contribution in [2.24, 2.45) is 17.6 Å². The SMILES string of the molecule is C=CCOC(=O)N1C[C@@H](SC2=C(C(=O)O)N3C(=O)[C@H]([C@@H](C)O)[C@H]3[C@H]2C)C[C@H]1COCC(=O)NC(N)=O. The number of amides is 5. The van der Waals surface area contributed by atoms with Gasteiger partial charge in [0, 0.05) is 22.6 Å². The van der Waals surface area contributed by atoms with Gasteiger partial charge in [-0.05, 0) is 13.3 Å². The van der Waals surface area contributed by atoms with Gasteiger partial charge in [-0.15, -0.1) is 11.8 Å². The van der Waals surface area contributed by atoms with Gasteiger partial charge in [0.15, 0.2) is 0 Å². The molecule has 0 spiro atoms. The molecule has 0 unspecified atom stereocenters. The summed E-state index contributed by atoms with van der Waals surface area (Å²) in [4.78, 5) is 62.8. The Bertz CT molecular complexity index is 985. The largest absolute Gasteiger partial charge is 0.477 e. The highest BCUT2D eigenvalue weighted by Gasteiger charge is 2.60. The fourth-order valence-electron chi connectivity index (χ4n) is 4.87. The fourth-order valence-corrected chi connectivity index (χ4v) is 6.44. The van der Waals surface area contributed by atoms with E-state index in [0.29, 0.717) is 11.3 Å². The lowest BCUT2D eigenvalue weighted by atomic mass is 9.79. The summed E-state index contributed by atoms with van der Waals surface area (Å²) in [6.45, 7) is 6.56. The number of carboxylic acids is 1. The van der Waals surface area contributed by atoms with Crippen molar-refractivity contribution in [3.8, 4) is 0 Å². The average molecular weight is 527 g/mol. The Labute approximate surface area is 211 Å². The van der Waals surface area contributed by atoms with Gasteiger partial charge in [0.25, 0.3) is 5.91 Å². The van der Waals surface area contributed by atoms with E-state index in [1.54, 1.807) is 0 Å². The number of β-lactam (4-membered cyclic amide) rings is 1. The molecule has 2 fully saturated rings. The van der Waals surface area contributed by atoms with E-state index in [9.17, 15) is 34.2 Å². The number of carboxylic acid groups (broad SMARTS) is 1. The molecule has 3 aliphatic rings. The van der Waals surface area contributed by atoms with Gasteiger partial charge in [0.2, 0.25) is 5.91 Å². The maximum Gasteiger partial charge on any atom is 0.410 e. The topological polar surface area (TPSA) is 189 Å². The van der Waals surface area contributed by atoms with Gasteiger partial charge >= 0.3 is 18.1 Å². The van der Waals surface area contributed by atoms with E-state index in [4.69, 9.17) is 15.2 Å². The molecular weight excluding hydrogens is 496 g/mol. The first kappa shape index (κ1) is 27.5. The van der Waals surface area contributed by atoms with E-state index in [2.05, 4.69) is 6.58 Å². The number of rotatable bonds is 10. The minimum Gasteiger partial charge on any atom is -0.477 e. The Balaban J connectivity index is 1.73. The summed E-state index contributed by atoms with van der Waals surface area (Å²) in [6, 6.07) is -1.94. The molecule has 3 heterocycles. The Morgan fingerprint density at radius 3 is 2.64 bits per heavy atom. The molecule has 36 heavy (non-hydrogen) atoms. The van der Waals surface area contributed by atoms with Crippen LogP contribution in [-0.4, -0.2) is 99.7 Å². The molecule has 5 N–H and O–H groups in total. The van der Waals surface area contributed by atoms with Crippen molar-refractivity contribution >= 4 is 41.7 Å². The zero-order chi connectivity index (χ0) is 26.7. The van der Waals surface area contributed by atoms with Gasteiger partial charge in [-0.25, -0.2) is 14.4 Å². The highest BCUT2D eigenvalue weighted by atomic mass is 32.2. The number of carbonyl (C=O) groups is 5. The fraction of sp³-hybridized carbons (Fsp3) is 0.591. The molecule has 2 saturated heterocycles. The maximum atomic E-state index is 12.6. The van der Waals surface area contributed by atoms with Crippen molar-refractivity contribution in [2.45, 2.75) is 43.7 Å². The number of fused-ring (bicyclic) bond motifs is 1. The van der Waals surface area contributed by atoms with Crippen LogP contribution in [0.1, 0.15) is 20.3 Å². The van der Waals surface area contributed by atoms with Crippen LogP contribution < -0.4 is 11.1 Å². The zero-order valence-electron chi connectivity index (χ0n) is 19.9. The van der Waals surface area contributed by atoms with E-state index in [0.717, 1.165) is 0 Å². The number of ether oxygens (including phenoxy) is 2. The van der Waals surface area contributed by atoms with E-state index < -0.39 is 60.6 Å². The number of nitrogens with one attached hydrogen (secondary N) is 1. The Morgan fingerprint density at radius 1 is 1.36 bits per heavy atom. The van der Waals surface area contributed by atoms with Crippen molar-refractivity contribution in [1.29, 1.82) is 0 Å². The number of aliphatic hydroxyl groups is 1. The third-order valence-electron chi connectivity index (χ3n) is 6.35. The second kappa shape index (κ2) is 11.3. The highest BCUT2D eigenvalue weighted by molar-refractivity contribution is 8.03. The number of aliphatic carboxylic acids is 1. The summed E-state index contributed by atoms with van der Waals surface area (Å²) < 4.78 is 10.5. The Hall–Kier alpha value is -3.10. The van der Waals surface area contributed by atoms with Crippen LogP contribution in [0.2, 0.25) is 0 Å². The molecule has 0 aromatic rings. The molecule has 0 aromatic heterocycles. The van der Waals surface area contributed by atoms with Gasteiger partial charge in [-0.1, -0.05) is 19.6 Å². The third-order valence-corrected chi connectivity index (χ3v) is 7.84. The first-order valence-electron chi connectivity index (χ1n) is 11.3. The molecule has 13 nitrogen and oxygen atoms in total. The first-order chi connectivity index (χ1) is 17.0. The molecule has 0 saturated carbocycles. The standard InChI is InChI=1S/C22H30N4O9S/c1-4-5-35-22(33)25-7-13(6-12(25)8-34-9-14(28)24-21(23)32)36-18-10(2)16-15(11(3)27)19(29)26(16)17(18)20(30)31/h4,10-13,15-16,27H,1,5-9H2,2-3H3,(H,30,31)(H3,23,24,28,32)/t10-,11-,12+,13+,15-,16-/m1/s1. The number of imide groups is 1. The monoisotopic (exact) mass is 526 g/mol. The van der Waals surface area contributed by atoms with Crippen molar-refractivity contribution in [1.82, 2.24) is 15.1 Å². The number of thioether (sulfide) groups is 1. The number of likely N-dealkylation sites (tertiary alicyclic amines) is 1. The van der Waals surface area contributed by atoms with Gasteiger partial charge in [-0.3, -0.25) is 14.9 Å². The Kier molecular flexibility index (Phi) is 8.63. The van der Waals surface area contributed by atoms with Crippen LogP contribution in [0, 0.1) is 11.8 Å². The molecule has 5 amide bonds. The minimum absolute atomic E-state index is 0.00737. The highest BCUT2D eigenvalue weighted by Crippen LogP contribution is 2.52. The second-order valence-corrected chi connectivity index (χ2v) is 10.2. The van der Waals surface area contributed by atoms with E-state index in [1.165, 1.54) is 34.6 Å². The van der Waals surface area contributed by atoms with Crippen LogP contribution in [0.5, 0.6) is 0 Å². The van der Waals surface area contributed by atoms with Crippen molar-refractivity contribution < 1.29 is 43.7 Å². The molecule has 14 heteroatoms. The molecule has 198 valence electrons. The summed E-state index contributed by atoms with van der Waals surface area (Å²) in [6.07, 6.45) is 0.292. The van der Waals surface area contributed by atoms with Crippen LogP contribution in [0.25, 0.3) is 0 Å². The van der Waals surface area contributed by atoms with Crippen molar-refractivity contribution in [2.75, 3.05) is 26.4 Å². The quantitative estimate of drug-likeness (QED) is 0.220. The van der Waals surface area contributed by atoms with Crippen LogP contribution in [-0.2, 0) is 23.9 Å². The number of aliphatic hydroxyl groups excluding tert-OH is 1. The number of carbonyl (C=O) groups excluding carboxylic acids is 4. The van der Waals surface area contributed by atoms with Gasteiger partial charge in [0.1, 0.15) is 18.9 Å². The molecule has 0 aromatic carbocycles. The van der Waals surface area contributed by atoms with E-state index in [1.807, 2.05) is 12.2 Å². The molecule has 0 bridgehead atoms. The molecule has 3 aliphatic heterocycles. The number of primary amides is 1. The predicted molar refractivity (Wildman–Crippen MR) is 126 cm³/mol. The molecule has 3 rings (SSSR count). The lowest BCUT2D eigenvalue weighted by molar-refractivity contribution is -0.163. The summed E-state index contributed by atoms with van der Waals surface area (Å²) in [5.74, 6) is -3.37. The summed E-state index contributed by atoms with van der Waals surface area (Å²) in [5, 5.41) is 21.5. The number of hydrogen-bond donors (Lipinski definition) is 4. The van der Waals surface area contributed by atoms with Crippen LogP contribution in [0.4, 0.5) is 9.59 Å². The number of nitrogens with zero attached hydrogens (tertiary/aromatic N) is 2. The summed E-state index contributed by atoms with van der Waals surface area (Å²) >= 11 is 1.28. The van der Waals surface area contributed by atoms with Gasteiger partial charge < -0.3 is 35.2 Å². The molecular formula is C22H30N4O9S. The zero-order valence-corrected chi connectivity index (χ0v) is 20.7. The van der Waals surface area contributed by atoms with Gasteiger partial charge in [0.05, 0.1) is 30.7 Å². The van der Waals surface area contributed by atoms with Crippen LogP contribution in [0.15, 0.2) is 23.3 Å². The Morgan fingerprint density at radius 2 is 2.06 bits per heavy atom. The number of hydrogen-bond acceptors (Lipinski definition) is 9. The normalized spacial score (nSPS) is 27.9. The first-order valence-corrected chi connectivity index (χ1v) is 12.2. The summed E-state index contributed by atoms with van der Waals surface area (Å²) in [5.41, 5.74) is 4.81. The summed E-state index contributed by atoms with van der Waals surface area (Å²) in [7, 11) is 0.